The summed E-state index contributed by atoms with van der Waals surface area (Å²) in [5.41, 5.74) is 2.17. The summed E-state index contributed by atoms with van der Waals surface area (Å²) in [6.07, 6.45) is 0. The Hall–Kier alpha value is -2.92. The van der Waals surface area contributed by atoms with Gasteiger partial charge in [0.05, 0.1) is 12.0 Å². The van der Waals surface area contributed by atoms with Crippen molar-refractivity contribution < 1.29 is 9.59 Å². The highest BCUT2D eigenvalue weighted by Crippen LogP contribution is 2.44. The van der Waals surface area contributed by atoms with Gasteiger partial charge < -0.3 is 10.2 Å². The van der Waals surface area contributed by atoms with Gasteiger partial charge in [-0.1, -0.05) is 56.3 Å². The summed E-state index contributed by atoms with van der Waals surface area (Å²) in [7, 11) is 0. The Bertz CT molecular complexity index is 999. The molecule has 0 saturated carbocycles. The topological polar surface area (TPSA) is 49.4 Å². The molecule has 0 bridgehead atoms. The van der Waals surface area contributed by atoms with Crippen LogP contribution in [0.2, 0.25) is 0 Å². The fourth-order valence-electron chi connectivity index (χ4n) is 3.99. The van der Waals surface area contributed by atoms with E-state index in [0.29, 0.717) is 18.0 Å². The van der Waals surface area contributed by atoms with Gasteiger partial charge in [0.1, 0.15) is 0 Å². The van der Waals surface area contributed by atoms with Crippen LogP contribution < -0.4 is 5.32 Å². The van der Waals surface area contributed by atoms with E-state index in [4.69, 9.17) is 0 Å². The van der Waals surface area contributed by atoms with Gasteiger partial charge in [0, 0.05) is 22.7 Å². The van der Waals surface area contributed by atoms with Gasteiger partial charge in [0.15, 0.2) is 0 Å². The van der Waals surface area contributed by atoms with E-state index < -0.39 is 5.92 Å². The Morgan fingerprint density at radius 3 is 2.45 bits per heavy atom. The summed E-state index contributed by atoms with van der Waals surface area (Å²) in [5, 5.41) is 5.06. The number of para-hydroxylation sites is 1. The molecular formula is C24H24N2O2S. The van der Waals surface area contributed by atoms with E-state index in [1.807, 2.05) is 77.0 Å². The Balaban J connectivity index is 1.82. The van der Waals surface area contributed by atoms with Crippen LogP contribution >= 0.6 is 11.3 Å². The van der Waals surface area contributed by atoms with Crippen LogP contribution in [0.25, 0.3) is 0 Å². The number of benzene rings is 2. The van der Waals surface area contributed by atoms with Crippen molar-refractivity contribution in [2.24, 2.45) is 5.92 Å². The van der Waals surface area contributed by atoms with E-state index in [1.165, 1.54) is 0 Å². The molecule has 0 spiro atoms. The second kappa shape index (κ2) is 8.21. The van der Waals surface area contributed by atoms with Crippen molar-refractivity contribution in [1.82, 2.24) is 4.90 Å². The number of hydrogen-bond acceptors (Lipinski definition) is 3. The van der Waals surface area contributed by atoms with E-state index in [-0.39, 0.29) is 17.9 Å². The smallest absolute Gasteiger partial charge is 0.254 e. The molecule has 4 rings (SSSR count). The highest BCUT2D eigenvalue weighted by Gasteiger charge is 2.44. The van der Waals surface area contributed by atoms with Gasteiger partial charge in [0.2, 0.25) is 5.91 Å². The van der Waals surface area contributed by atoms with Crippen LogP contribution in [0.15, 0.2) is 72.1 Å². The Labute approximate surface area is 175 Å². The number of amides is 2. The highest BCUT2D eigenvalue weighted by molar-refractivity contribution is 7.10. The van der Waals surface area contributed by atoms with Crippen LogP contribution in [0.1, 0.15) is 46.6 Å². The number of nitrogens with zero attached hydrogens (tertiary/aromatic N) is 1. The van der Waals surface area contributed by atoms with E-state index in [9.17, 15) is 9.59 Å². The minimum atomic E-state index is -0.471. The van der Waals surface area contributed by atoms with E-state index >= 15 is 0 Å². The summed E-state index contributed by atoms with van der Waals surface area (Å²) in [5.74, 6) is -0.272. The fourth-order valence-corrected chi connectivity index (χ4v) is 4.86. The SMILES string of the molecule is CC(C)CN1C(=O)c2ccccc2[C@H](C(=O)Nc2ccccc2)[C@@H]1c1cccs1. The molecule has 3 aromatic rings. The molecule has 29 heavy (non-hydrogen) atoms. The zero-order valence-electron chi connectivity index (χ0n) is 16.5. The molecule has 1 N–H and O–H groups in total. The Morgan fingerprint density at radius 2 is 1.76 bits per heavy atom. The minimum Gasteiger partial charge on any atom is -0.329 e. The number of rotatable bonds is 5. The number of fused-ring (bicyclic) bond motifs is 1. The first-order valence-electron chi connectivity index (χ1n) is 9.85. The third-order valence-electron chi connectivity index (χ3n) is 5.16. The number of anilines is 1. The lowest BCUT2D eigenvalue weighted by Crippen LogP contribution is -2.47. The van der Waals surface area contributed by atoms with Gasteiger partial charge in [-0.2, -0.15) is 0 Å². The first-order valence-corrected chi connectivity index (χ1v) is 10.7. The summed E-state index contributed by atoms with van der Waals surface area (Å²) in [6, 6.07) is 20.7. The van der Waals surface area contributed by atoms with Crippen LogP contribution in [0.5, 0.6) is 0 Å². The monoisotopic (exact) mass is 404 g/mol. The second-order valence-corrected chi connectivity index (χ2v) is 8.71. The summed E-state index contributed by atoms with van der Waals surface area (Å²) in [4.78, 5) is 29.8. The maximum atomic E-state index is 13.5. The predicted octanol–water partition coefficient (Wildman–Crippen LogP) is 5.32. The molecule has 2 heterocycles. The van der Waals surface area contributed by atoms with Gasteiger partial charge in [-0.3, -0.25) is 9.59 Å². The molecule has 1 aliphatic rings. The van der Waals surface area contributed by atoms with Gasteiger partial charge in [0.25, 0.3) is 5.91 Å². The third kappa shape index (κ3) is 3.83. The molecule has 5 heteroatoms. The summed E-state index contributed by atoms with van der Waals surface area (Å²) < 4.78 is 0. The molecule has 0 unspecified atom stereocenters. The van der Waals surface area contributed by atoms with Gasteiger partial charge in [-0.15, -0.1) is 11.3 Å². The lowest BCUT2D eigenvalue weighted by atomic mass is 9.81. The minimum absolute atomic E-state index is 0.00328. The van der Waals surface area contributed by atoms with Crippen molar-refractivity contribution in [3.63, 3.8) is 0 Å². The molecule has 2 aromatic carbocycles. The molecular weight excluding hydrogens is 380 g/mol. The zero-order chi connectivity index (χ0) is 20.4. The molecule has 0 saturated heterocycles. The number of thiophene rings is 1. The van der Waals surface area contributed by atoms with Crippen molar-refractivity contribution in [2.75, 3.05) is 11.9 Å². The molecule has 2 amide bonds. The Kier molecular flexibility index (Phi) is 5.49. The highest BCUT2D eigenvalue weighted by atomic mass is 32.1. The van der Waals surface area contributed by atoms with E-state index in [1.54, 1.807) is 11.3 Å². The maximum Gasteiger partial charge on any atom is 0.254 e. The van der Waals surface area contributed by atoms with Crippen LogP contribution in [0.3, 0.4) is 0 Å². The Morgan fingerprint density at radius 1 is 1.03 bits per heavy atom. The molecule has 2 atom stereocenters. The van der Waals surface area contributed by atoms with E-state index in [2.05, 4.69) is 19.2 Å². The number of carbonyl (C=O) groups excluding carboxylic acids is 2. The first-order chi connectivity index (χ1) is 14.1. The first kappa shape index (κ1) is 19.4. The van der Waals surface area contributed by atoms with Gasteiger partial charge in [-0.25, -0.2) is 0 Å². The van der Waals surface area contributed by atoms with Gasteiger partial charge >= 0.3 is 0 Å². The lowest BCUT2D eigenvalue weighted by Gasteiger charge is -2.42. The van der Waals surface area contributed by atoms with Crippen LogP contribution in [-0.2, 0) is 4.79 Å². The summed E-state index contributed by atoms with van der Waals surface area (Å²) >= 11 is 1.59. The average molecular weight is 405 g/mol. The number of carbonyl (C=O) groups is 2. The molecule has 0 fully saturated rings. The second-order valence-electron chi connectivity index (χ2n) is 7.73. The summed E-state index contributed by atoms with van der Waals surface area (Å²) in [6.45, 7) is 4.79. The molecule has 0 aliphatic carbocycles. The van der Waals surface area contributed by atoms with Crippen molar-refractivity contribution in [3.05, 3.63) is 88.1 Å². The normalized spacial score (nSPS) is 18.6. The van der Waals surface area contributed by atoms with Crippen molar-refractivity contribution in [2.45, 2.75) is 25.8 Å². The van der Waals surface area contributed by atoms with Gasteiger partial charge in [-0.05, 0) is 41.1 Å². The van der Waals surface area contributed by atoms with Crippen LogP contribution in [-0.4, -0.2) is 23.3 Å². The number of hydrogen-bond donors (Lipinski definition) is 1. The lowest BCUT2D eigenvalue weighted by molar-refractivity contribution is -0.119. The third-order valence-corrected chi connectivity index (χ3v) is 6.10. The van der Waals surface area contributed by atoms with Crippen LogP contribution in [0, 0.1) is 5.92 Å². The fraction of sp³-hybridized carbons (Fsp3) is 0.250. The standard InChI is InChI=1S/C24H24N2O2S/c1-16(2)15-26-22(20-13-8-14-29-20)21(18-11-6-7-12-19(18)24(26)28)23(27)25-17-9-4-3-5-10-17/h3-14,16,21-22H,15H2,1-2H3,(H,25,27)/t21-,22-/m0/s1. The predicted molar refractivity (Wildman–Crippen MR) is 117 cm³/mol. The maximum absolute atomic E-state index is 13.5. The van der Waals surface area contributed by atoms with Crippen LogP contribution in [0.4, 0.5) is 5.69 Å². The molecule has 4 nitrogen and oxygen atoms in total. The average Bonchev–Trinajstić information content (AvgIpc) is 3.24. The quantitative estimate of drug-likeness (QED) is 0.625. The molecule has 148 valence electrons. The molecule has 1 aliphatic heterocycles. The van der Waals surface area contributed by atoms with Crippen molar-refractivity contribution in [1.29, 1.82) is 0 Å². The van der Waals surface area contributed by atoms with Crippen molar-refractivity contribution in [3.8, 4) is 0 Å². The molecule has 1 aromatic heterocycles. The van der Waals surface area contributed by atoms with E-state index in [0.717, 1.165) is 16.1 Å². The number of nitrogens with one attached hydrogen (secondary N) is 1. The largest absolute Gasteiger partial charge is 0.329 e. The van der Waals surface area contributed by atoms with Crippen molar-refractivity contribution >= 4 is 28.8 Å². The molecule has 0 radical (unpaired) electrons. The zero-order valence-corrected chi connectivity index (χ0v) is 17.4.